The first kappa shape index (κ1) is 23.9. The minimum atomic E-state index is -3.92. The van der Waals surface area contributed by atoms with Gasteiger partial charge in [0.15, 0.2) is 0 Å². The van der Waals surface area contributed by atoms with Gasteiger partial charge in [0.25, 0.3) is 10.0 Å². The number of sulfonamides is 2. The van der Waals surface area contributed by atoms with Crippen LogP contribution in [0, 0.1) is 0 Å². The fourth-order valence-corrected chi connectivity index (χ4v) is 4.54. The zero-order chi connectivity index (χ0) is 24.1. The van der Waals surface area contributed by atoms with Gasteiger partial charge in [0.05, 0.1) is 23.9 Å². The molecular weight excluding hydrogens is 470 g/mol. The van der Waals surface area contributed by atoms with E-state index in [-0.39, 0.29) is 16.5 Å². The van der Waals surface area contributed by atoms with Crippen LogP contribution >= 0.6 is 0 Å². The number of ether oxygens (including phenoxy) is 1. The monoisotopic (exact) mass is 491 g/mol. The maximum atomic E-state index is 12.5. The zero-order valence-electron chi connectivity index (χ0n) is 17.7. The van der Waals surface area contributed by atoms with Gasteiger partial charge in [0.1, 0.15) is 12.3 Å². The zero-order valence-corrected chi connectivity index (χ0v) is 19.3. The molecule has 0 aliphatic heterocycles. The summed E-state index contributed by atoms with van der Waals surface area (Å²) in [5.74, 6) is -0.142. The van der Waals surface area contributed by atoms with Gasteiger partial charge in [-0.15, -0.1) is 0 Å². The van der Waals surface area contributed by atoms with Crippen LogP contribution in [-0.4, -0.2) is 52.6 Å². The lowest BCUT2D eigenvalue weighted by molar-refractivity contribution is -0.114. The molecule has 0 spiro atoms. The summed E-state index contributed by atoms with van der Waals surface area (Å²) >= 11 is 0. The average molecular weight is 492 g/mol. The second-order valence-corrected chi connectivity index (χ2v) is 10.3. The van der Waals surface area contributed by atoms with Gasteiger partial charge in [-0.05, 0) is 54.6 Å². The highest BCUT2D eigenvalue weighted by atomic mass is 32.2. The Morgan fingerprint density at radius 1 is 0.970 bits per heavy atom. The fourth-order valence-electron chi connectivity index (χ4n) is 2.73. The number of hydrogen-bond donors (Lipinski definition) is 2. The molecule has 0 unspecified atom stereocenters. The minimum absolute atomic E-state index is 0.0658. The molecule has 2 aromatic carbocycles. The Balaban J connectivity index is 1.70. The van der Waals surface area contributed by atoms with Gasteiger partial charge in [0.2, 0.25) is 21.9 Å². The molecule has 0 radical (unpaired) electrons. The van der Waals surface area contributed by atoms with Gasteiger partial charge in [-0.25, -0.2) is 31.5 Å². The van der Waals surface area contributed by atoms with Crippen molar-refractivity contribution in [2.75, 3.05) is 34.3 Å². The summed E-state index contributed by atoms with van der Waals surface area (Å²) in [5.41, 5.74) is 0.585. The molecule has 0 bridgehead atoms. The van der Waals surface area contributed by atoms with Crippen molar-refractivity contribution in [3.63, 3.8) is 0 Å². The molecule has 1 amide bonds. The van der Waals surface area contributed by atoms with Crippen LogP contribution in [0.2, 0.25) is 0 Å². The third-order valence-corrected chi connectivity index (χ3v) is 6.77. The average Bonchev–Trinajstić information content (AvgIpc) is 2.77. The Labute approximate surface area is 191 Å². The Morgan fingerprint density at radius 3 is 2.12 bits per heavy atom. The quantitative estimate of drug-likeness (QED) is 0.459. The molecule has 0 saturated carbocycles. The molecule has 3 aromatic rings. The molecule has 0 aliphatic carbocycles. The van der Waals surface area contributed by atoms with Crippen LogP contribution in [0.3, 0.4) is 0 Å². The maximum Gasteiger partial charge on any atom is 0.264 e. The maximum absolute atomic E-state index is 12.5. The molecule has 3 rings (SSSR count). The molecule has 174 valence electrons. The lowest BCUT2D eigenvalue weighted by Crippen LogP contribution is -2.37. The first-order valence-corrected chi connectivity index (χ1v) is 12.7. The van der Waals surface area contributed by atoms with Gasteiger partial charge in [-0.2, -0.15) is 0 Å². The smallest absolute Gasteiger partial charge is 0.264 e. The Kier molecular flexibility index (Phi) is 7.13. The second kappa shape index (κ2) is 9.83. The molecule has 0 aliphatic rings. The van der Waals surface area contributed by atoms with Crippen molar-refractivity contribution in [3.05, 3.63) is 67.0 Å². The molecule has 13 heteroatoms. The van der Waals surface area contributed by atoms with E-state index in [2.05, 4.69) is 20.0 Å². The second-order valence-electron chi connectivity index (χ2n) is 6.72. The van der Waals surface area contributed by atoms with Crippen molar-refractivity contribution in [1.29, 1.82) is 0 Å². The van der Waals surface area contributed by atoms with Crippen molar-refractivity contribution >= 4 is 43.3 Å². The highest BCUT2D eigenvalue weighted by Crippen LogP contribution is 2.22. The van der Waals surface area contributed by atoms with Gasteiger partial charge in [-0.3, -0.25) is 9.10 Å². The summed E-state index contributed by atoms with van der Waals surface area (Å²) in [6.45, 7) is -0.474. The Hall–Kier alpha value is -3.71. The lowest BCUT2D eigenvalue weighted by Gasteiger charge is -2.22. The summed E-state index contributed by atoms with van der Waals surface area (Å²) in [6.07, 6.45) is 3.79. The van der Waals surface area contributed by atoms with Crippen molar-refractivity contribution in [3.8, 4) is 5.75 Å². The highest BCUT2D eigenvalue weighted by Gasteiger charge is 2.21. The van der Waals surface area contributed by atoms with E-state index in [1.54, 1.807) is 18.2 Å². The number of carbonyl (C=O) groups is 1. The summed E-state index contributed by atoms with van der Waals surface area (Å²) in [7, 11) is -6.19. The predicted molar refractivity (Wildman–Crippen MR) is 123 cm³/mol. The topological polar surface area (TPSA) is 148 Å². The van der Waals surface area contributed by atoms with Crippen LogP contribution in [0.1, 0.15) is 0 Å². The summed E-state index contributed by atoms with van der Waals surface area (Å²) < 4.78 is 57.5. The largest absolute Gasteiger partial charge is 0.497 e. The molecule has 11 nitrogen and oxygen atoms in total. The standard InChI is InChI=1S/C20H21N5O6S2/c1-31-17-8-6-16(7-9-17)25(32(2,27)28)14-19(26)23-15-4-10-18(11-5-15)33(29,30)24-20-21-12-3-13-22-20/h3-13H,14H2,1-2H3,(H,23,26)(H,21,22,24). The number of aromatic nitrogens is 2. The number of nitrogens with zero attached hydrogens (tertiary/aromatic N) is 3. The molecule has 1 heterocycles. The minimum Gasteiger partial charge on any atom is -0.497 e. The lowest BCUT2D eigenvalue weighted by atomic mass is 10.3. The molecule has 2 N–H and O–H groups in total. The van der Waals surface area contributed by atoms with E-state index in [9.17, 15) is 21.6 Å². The van der Waals surface area contributed by atoms with Crippen molar-refractivity contribution in [1.82, 2.24) is 9.97 Å². The normalized spacial score (nSPS) is 11.5. The number of rotatable bonds is 9. The third-order valence-electron chi connectivity index (χ3n) is 4.29. The summed E-state index contributed by atoms with van der Waals surface area (Å²) in [5, 5.41) is 2.56. The van der Waals surface area contributed by atoms with E-state index in [4.69, 9.17) is 4.74 Å². The number of amides is 1. The van der Waals surface area contributed by atoms with Crippen molar-refractivity contribution < 1.29 is 26.4 Å². The molecule has 0 fully saturated rings. The van der Waals surface area contributed by atoms with Crippen molar-refractivity contribution in [2.45, 2.75) is 4.90 Å². The van der Waals surface area contributed by atoms with Crippen LogP contribution in [0.4, 0.5) is 17.3 Å². The van der Waals surface area contributed by atoms with Crippen LogP contribution in [0.15, 0.2) is 71.9 Å². The van der Waals surface area contributed by atoms with E-state index in [1.807, 2.05) is 0 Å². The molecule has 0 atom stereocenters. The molecular formula is C20H21N5O6S2. The summed E-state index contributed by atoms with van der Waals surface area (Å²) in [4.78, 5) is 20.1. The number of anilines is 3. The molecule has 33 heavy (non-hydrogen) atoms. The van der Waals surface area contributed by atoms with E-state index in [0.29, 0.717) is 11.4 Å². The summed E-state index contributed by atoms with van der Waals surface area (Å²) in [6, 6.07) is 13.1. The molecule has 0 saturated heterocycles. The van der Waals surface area contributed by atoms with E-state index in [0.717, 1.165) is 10.6 Å². The van der Waals surface area contributed by atoms with Gasteiger partial charge in [0, 0.05) is 18.1 Å². The Morgan fingerprint density at radius 2 is 1.58 bits per heavy atom. The first-order valence-electron chi connectivity index (χ1n) is 9.40. The van der Waals surface area contributed by atoms with E-state index >= 15 is 0 Å². The Bertz CT molecular complexity index is 1310. The molecule has 1 aromatic heterocycles. The first-order chi connectivity index (χ1) is 15.6. The SMILES string of the molecule is COc1ccc(N(CC(=O)Nc2ccc(S(=O)(=O)Nc3ncccn3)cc2)S(C)(=O)=O)cc1. The number of benzene rings is 2. The van der Waals surface area contributed by atoms with E-state index < -0.39 is 32.5 Å². The fraction of sp³-hybridized carbons (Fsp3) is 0.150. The number of methoxy groups -OCH3 is 1. The third kappa shape index (κ3) is 6.40. The number of carbonyl (C=O) groups excluding carboxylic acids is 1. The van der Waals surface area contributed by atoms with Crippen LogP contribution in [0.25, 0.3) is 0 Å². The van der Waals surface area contributed by atoms with Crippen LogP contribution in [-0.2, 0) is 24.8 Å². The van der Waals surface area contributed by atoms with E-state index in [1.165, 1.54) is 55.9 Å². The van der Waals surface area contributed by atoms with Crippen LogP contribution in [0.5, 0.6) is 5.75 Å². The van der Waals surface area contributed by atoms with Gasteiger partial charge >= 0.3 is 0 Å². The highest BCUT2D eigenvalue weighted by molar-refractivity contribution is 7.92. The van der Waals surface area contributed by atoms with Crippen molar-refractivity contribution in [2.24, 2.45) is 0 Å². The number of hydrogen-bond acceptors (Lipinski definition) is 8. The van der Waals surface area contributed by atoms with Gasteiger partial charge < -0.3 is 10.1 Å². The van der Waals surface area contributed by atoms with Gasteiger partial charge in [-0.1, -0.05) is 0 Å². The number of nitrogens with one attached hydrogen (secondary N) is 2. The van der Waals surface area contributed by atoms with Crippen LogP contribution < -0.4 is 19.1 Å². The predicted octanol–water partition coefficient (Wildman–Crippen LogP) is 1.69.